The highest BCUT2D eigenvalue weighted by Crippen LogP contribution is 2.28. The van der Waals surface area contributed by atoms with Crippen molar-refractivity contribution in [2.75, 3.05) is 0 Å². The van der Waals surface area contributed by atoms with Crippen LogP contribution in [0.15, 0.2) is 30.3 Å². The molecule has 1 N–H and O–H groups in total. The Morgan fingerprint density at radius 2 is 1.47 bits per heavy atom. The van der Waals surface area contributed by atoms with Crippen molar-refractivity contribution >= 4 is 0 Å². The van der Waals surface area contributed by atoms with E-state index in [1.807, 2.05) is 13.0 Å². The van der Waals surface area contributed by atoms with Gasteiger partial charge >= 0.3 is 0 Å². The van der Waals surface area contributed by atoms with Crippen LogP contribution in [0, 0.1) is 31.3 Å². The molecule has 0 spiro atoms. The molecule has 1 unspecified atom stereocenters. The van der Waals surface area contributed by atoms with Gasteiger partial charge < -0.3 is 5.11 Å². The molecule has 0 fully saturated rings. The highest BCUT2D eigenvalue weighted by molar-refractivity contribution is 5.38. The molecule has 4 heteroatoms. The van der Waals surface area contributed by atoms with Gasteiger partial charge in [0.15, 0.2) is 11.6 Å². The van der Waals surface area contributed by atoms with Gasteiger partial charge in [0, 0.05) is 11.6 Å². The Kier molecular flexibility index (Phi) is 3.62. The van der Waals surface area contributed by atoms with Crippen LogP contribution in [0.25, 0.3) is 0 Å². The number of halogens is 3. The van der Waals surface area contributed by atoms with E-state index in [1.165, 1.54) is 0 Å². The molecule has 0 amide bonds. The minimum absolute atomic E-state index is 0.271. The van der Waals surface area contributed by atoms with E-state index in [4.69, 9.17) is 0 Å². The maximum atomic E-state index is 13.6. The lowest BCUT2D eigenvalue weighted by Gasteiger charge is -2.16. The van der Waals surface area contributed by atoms with Crippen LogP contribution in [0.5, 0.6) is 0 Å². The molecule has 0 heterocycles. The van der Waals surface area contributed by atoms with Gasteiger partial charge in [-0.1, -0.05) is 23.8 Å². The summed E-state index contributed by atoms with van der Waals surface area (Å²) in [4.78, 5) is 0. The van der Waals surface area contributed by atoms with Crippen molar-refractivity contribution in [3.05, 3.63) is 70.0 Å². The molecule has 2 aromatic rings. The Morgan fingerprint density at radius 1 is 0.842 bits per heavy atom. The van der Waals surface area contributed by atoms with Gasteiger partial charge in [-0.2, -0.15) is 0 Å². The molecule has 0 aliphatic carbocycles. The van der Waals surface area contributed by atoms with Crippen LogP contribution in [0.2, 0.25) is 0 Å². The molecule has 19 heavy (non-hydrogen) atoms. The van der Waals surface area contributed by atoms with Crippen LogP contribution < -0.4 is 0 Å². The first-order valence-electron chi connectivity index (χ1n) is 5.80. The summed E-state index contributed by atoms with van der Waals surface area (Å²) < 4.78 is 39.7. The van der Waals surface area contributed by atoms with Crippen LogP contribution in [0.1, 0.15) is 28.4 Å². The fraction of sp³-hybridized carbons (Fsp3) is 0.200. The van der Waals surface area contributed by atoms with Crippen molar-refractivity contribution in [3.8, 4) is 0 Å². The van der Waals surface area contributed by atoms with Crippen LogP contribution in [-0.2, 0) is 0 Å². The molecule has 0 aliphatic heterocycles. The number of aliphatic hydroxyl groups is 1. The molecular weight excluding hydrogens is 253 g/mol. The standard InChI is InChI=1S/C15H13F3O/c1-8-3-4-9(2)10(5-8)15(19)11-6-13(17)14(18)7-12(11)16/h3-7,15,19H,1-2H3. The van der Waals surface area contributed by atoms with Crippen LogP contribution in [0.3, 0.4) is 0 Å². The van der Waals surface area contributed by atoms with Crippen molar-refractivity contribution in [1.82, 2.24) is 0 Å². The van der Waals surface area contributed by atoms with E-state index in [1.54, 1.807) is 19.1 Å². The second-order valence-corrected chi connectivity index (χ2v) is 4.55. The molecular formula is C15H13F3O. The molecule has 2 rings (SSSR count). The predicted molar refractivity (Wildman–Crippen MR) is 66.3 cm³/mol. The summed E-state index contributed by atoms with van der Waals surface area (Å²) in [7, 11) is 0. The molecule has 0 saturated heterocycles. The van der Waals surface area contributed by atoms with Gasteiger partial charge in [-0.15, -0.1) is 0 Å². The molecule has 0 radical (unpaired) electrons. The summed E-state index contributed by atoms with van der Waals surface area (Å²) in [6.07, 6.45) is -1.32. The minimum atomic E-state index is -1.32. The van der Waals surface area contributed by atoms with Gasteiger partial charge in [-0.3, -0.25) is 0 Å². The Balaban J connectivity index is 2.52. The van der Waals surface area contributed by atoms with E-state index < -0.39 is 23.6 Å². The Morgan fingerprint density at radius 3 is 2.16 bits per heavy atom. The number of rotatable bonds is 2. The van der Waals surface area contributed by atoms with Gasteiger partial charge in [0.1, 0.15) is 11.9 Å². The fourth-order valence-corrected chi connectivity index (χ4v) is 1.97. The zero-order valence-corrected chi connectivity index (χ0v) is 10.5. The molecule has 0 aromatic heterocycles. The summed E-state index contributed by atoms with van der Waals surface area (Å²) in [5.74, 6) is -3.41. The summed E-state index contributed by atoms with van der Waals surface area (Å²) in [6, 6.07) is 6.47. The molecule has 0 bridgehead atoms. The molecule has 100 valence electrons. The summed E-state index contributed by atoms with van der Waals surface area (Å²) in [5.41, 5.74) is 1.85. The summed E-state index contributed by atoms with van der Waals surface area (Å²) >= 11 is 0. The lowest BCUT2D eigenvalue weighted by molar-refractivity contribution is 0.213. The smallest absolute Gasteiger partial charge is 0.161 e. The molecule has 2 aromatic carbocycles. The lowest BCUT2D eigenvalue weighted by Crippen LogP contribution is -2.06. The van der Waals surface area contributed by atoms with E-state index in [-0.39, 0.29) is 5.56 Å². The van der Waals surface area contributed by atoms with Crippen LogP contribution in [0.4, 0.5) is 13.2 Å². The zero-order valence-electron chi connectivity index (χ0n) is 10.5. The van der Waals surface area contributed by atoms with Crippen molar-refractivity contribution in [3.63, 3.8) is 0 Å². The SMILES string of the molecule is Cc1ccc(C)c(C(O)c2cc(F)c(F)cc2F)c1. The van der Waals surface area contributed by atoms with E-state index >= 15 is 0 Å². The predicted octanol–water partition coefficient (Wildman–Crippen LogP) is 3.80. The molecule has 0 saturated carbocycles. The van der Waals surface area contributed by atoms with Crippen molar-refractivity contribution in [2.24, 2.45) is 0 Å². The van der Waals surface area contributed by atoms with E-state index in [0.717, 1.165) is 11.1 Å². The summed E-state index contributed by atoms with van der Waals surface area (Å²) in [5, 5.41) is 10.2. The molecule has 1 atom stereocenters. The monoisotopic (exact) mass is 266 g/mol. The number of hydrogen-bond donors (Lipinski definition) is 1. The average molecular weight is 266 g/mol. The Labute approximate surface area is 109 Å². The highest BCUT2D eigenvalue weighted by atomic mass is 19.2. The average Bonchev–Trinajstić information content (AvgIpc) is 2.36. The van der Waals surface area contributed by atoms with Gasteiger partial charge in [0.2, 0.25) is 0 Å². The maximum Gasteiger partial charge on any atom is 0.161 e. The first-order valence-corrected chi connectivity index (χ1v) is 5.80. The molecule has 1 nitrogen and oxygen atoms in total. The second kappa shape index (κ2) is 5.05. The second-order valence-electron chi connectivity index (χ2n) is 4.55. The third-order valence-electron chi connectivity index (χ3n) is 3.06. The maximum absolute atomic E-state index is 13.6. The summed E-state index contributed by atoms with van der Waals surface area (Å²) in [6.45, 7) is 3.59. The molecule has 0 aliphatic rings. The van der Waals surface area contributed by atoms with Crippen LogP contribution >= 0.6 is 0 Å². The van der Waals surface area contributed by atoms with Gasteiger partial charge in [0.05, 0.1) is 0 Å². The zero-order chi connectivity index (χ0) is 14.2. The topological polar surface area (TPSA) is 20.2 Å². The van der Waals surface area contributed by atoms with Gasteiger partial charge in [-0.25, -0.2) is 13.2 Å². The Hall–Kier alpha value is -1.81. The van der Waals surface area contributed by atoms with Gasteiger partial charge in [-0.05, 0) is 31.0 Å². The first kappa shape index (κ1) is 13.6. The van der Waals surface area contributed by atoms with Crippen molar-refractivity contribution < 1.29 is 18.3 Å². The third kappa shape index (κ3) is 2.63. The minimum Gasteiger partial charge on any atom is -0.384 e. The number of aliphatic hydroxyl groups excluding tert-OH is 1. The number of hydrogen-bond acceptors (Lipinski definition) is 1. The van der Waals surface area contributed by atoms with Crippen molar-refractivity contribution in [2.45, 2.75) is 20.0 Å². The fourth-order valence-electron chi connectivity index (χ4n) is 1.97. The van der Waals surface area contributed by atoms with E-state index in [0.29, 0.717) is 17.7 Å². The first-order chi connectivity index (χ1) is 8.90. The van der Waals surface area contributed by atoms with E-state index in [2.05, 4.69) is 0 Å². The number of benzene rings is 2. The quantitative estimate of drug-likeness (QED) is 0.820. The Bertz CT molecular complexity index is 623. The van der Waals surface area contributed by atoms with E-state index in [9.17, 15) is 18.3 Å². The largest absolute Gasteiger partial charge is 0.384 e. The lowest BCUT2D eigenvalue weighted by atomic mass is 9.95. The normalized spacial score (nSPS) is 12.5. The van der Waals surface area contributed by atoms with Crippen LogP contribution in [-0.4, -0.2) is 5.11 Å². The highest BCUT2D eigenvalue weighted by Gasteiger charge is 2.19. The van der Waals surface area contributed by atoms with Gasteiger partial charge in [0.25, 0.3) is 0 Å². The van der Waals surface area contributed by atoms with Crippen molar-refractivity contribution in [1.29, 1.82) is 0 Å². The number of aryl methyl sites for hydroxylation is 2. The third-order valence-corrected chi connectivity index (χ3v) is 3.06.